The summed E-state index contributed by atoms with van der Waals surface area (Å²) < 4.78 is 45.1. The number of benzene rings is 3. The number of halogens is 3. The van der Waals surface area contributed by atoms with Crippen LogP contribution >= 0.6 is 0 Å². The third-order valence-electron chi connectivity index (χ3n) is 7.50. The van der Waals surface area contributed by atoms with E-state index in [-0.39, 0.29) is 11.5 Å². The zero-order valence-corrected chi connectivity index (χ0v) is 21.2. The molecule has 208 valence electrons. The molecule has 0 aromatic heterocycles. The molecule has 0 saturated carbocycles. The lowest BCUT2D eigenvalue weighted by Crippen LogP contribution is -2.58. The van der Waals surface area contributed by atoms with E-state index in [4.69, 9.17) is 4.74 Å². The number of carbonyl (C=O) groups excluding carboxylic acids is 2. The first-order valence-electron chi connectivity index (χ1n) is 12.5. The minimum Gasteiger partial charge on any atom is -0.480 e. The van der Waals surface area contributed by atoms with Crippen molar-refractivity contribution in [2.45, 2.75) is 31.1 Å². The van der Waals surface area contributed by atoms with Gasteiger partial charge in [0.1, 0.15) is 11.5 Å². The lowest BCUT2D eigenvalue weighted by molar-refractivity contribution is -0.150. The second-order valence-electron chi connectivity index (χ2n) is 9.79. The van der Waals surface area contributed by atoms with Gasteiger partial charge >= 0.3 is 12.1 Å². The molecule has 0 bridgehead atoms. The van der Waals surface area contributed by atoms with Gasteiger partial charge in [-0.1, -0.05) is 37.3 Å². The third kappa shape index (κ3) is 4.50. The number of imide groups is 1. The first kappa shape index (κ1) is 27.4. The Balaban J connectivity index is 1.52. The number of carboxylic acids is 1. The van der Waals surface area contributed by atoms with Gasteiger partial charge in [0, 0.05) is 6.04 Å². The highest BCUT2D eigenvalue weighted by atomic mass is 19.4. The van der Waals surface area contributed by atoms with Crippen LogP contribution in [0.5, 0.6) is 11.5 Å². The molecule has 0 spiro atoms. The van der Waals surface area contributed by atoms with Crippen molar-refractivity contribution in [3.8, 4) is 11.5 Å². The Kier molecular flexibility index (Phi) is 6.89. The highest BCUT2D eigenvalue weighted by molar-refractivity contribution is 6.24. The van der Waals surface area contributed by atoms with E-state index in [0.29, 0.717) is 11.3 Å². The second kappa shape index (κ2) is 10.1. The molecule has 2 aliphatic heterocycles. The maximum absolute atomic E-state index is 13.7. The fraction of sp³-hybridized carbons (Fsp3) is 0.276. The lowest BCUT2D eigenvalue weighted by Gasteiger charge is -2.29. The molecule has 4 unspecified atom stereocenters. The molecule has 3 aromatic rings. The number of nitrogens with zero attached hydrogens (tertiary/aromatic N) is 1. The normalized spacial score (nSPS) is 24.3. The summed E-state index contributed by atoms with van der Waals surface area (Å²) in [6, 6.07) is 16.1. The largest absolute Gasteiger partial charge is 0.480 e. The number of aliphatic hydroxyl groups is 1. The van der Waals surface area contributed by atoms with E-state index < -0.39 is 59.5 Å². The van der Waals surface area contributed by atoms with Crippen molar-refractivity contribution >= 4 is 23.5 Å². The zero-order chi connectivity index (χ0) is 28.8. The van der Waals surface area contributed by atoms with Crippen LogP contribution in [0.3, 0.4) is 0 Å². The van der Waals surface area contributed by atoms with Gasteiger partial charge in [0.05, 0.1) is 29.7 Å². The summed E-state index contributed by atoms with van der Waals surface area (Å²) in [5.74, 6) is -5.39. The van der Waals surface area contributed by atoms with Crippen LogP contribution in [0.2, 0.25) is 0 Å². The van der Waals surface area contributed by atoms with E-state index >= 15 is 0 Å². The van der Waals surface area contributed by atoms with Crippen LogP contribution in [0, 0.1) is 11.8 Å². The molecule has 2 aliphatic rings. The maximum atomic E-state index is 13.7. The monoisotopic (exact) mass is 554 g/mol. The number of ether oxygens (including phenoxy) is 1. The molecule has 3 aromatic carbocycles. The number of anilines is 1. The highest BCUT2D eigenvalue weighted by Gasteiger charge is 2.68. The molecule has 2 amide bonds. The molecule has 3 N–H and O–H groups in total. The second-order valence-corrected chi connectivity index (χ2v) is 9.79. The number of alkyl halides is 3. The van der Waals surface area contributed by atoms with Gasteiger partial charge in [0.2, 0.25) is 11.8 Å². The number of hydrogen-bond donors (Lipinski definition) is 3. The molecule has 40 heavy (non-hydrogen) atoms. The van der Waals surface area contributed by atoms with Gasteiger partial charge in [-0.2, -0.15) is 13.2 Å². The molecule has 2 fully saturated rings. The van der Waals surface area contributed by atoms with Crippen molar-refractivity contribution < 1.29 is 42.5 Å². The molecule has 11 heteroatoms. The van der Waals surface area contributed by atoms with Crippen molar-refractivity contribution in [1.29, 1.82) is 0 Å². The predicted molar refractivity (Wildman–Crippen MR) is 137 cm³/mol. The number of carboxylic acid groups (broad SMARTS) is 1. The van der Waals surface area contributed by atoms with Gasteiger partial charge in [0.15, 0.2) is 5.54 Å². The van der Waals surface area contributed by atoms with Crippen LogP contribution in [-0.2, 0) is 27.0 Å². The molecule has 8 nitrogen and oxygen atoms in total. The summed E-state index contributed by atoms with van der Waals surface area (Å²) in [7, 11) is 0. The minimum atomic E-state index is -4.56. The van der Waals surface area contributed by atoms with E-state index in [2.05, 4.69) is 5.32 Å². The third-order valence-corrected chi connectivity index (χ3v) is 7.50. The summed E-state index contributed by atoms with van der Waals surface area (Å²) in [5.41, 5.74) is -1.40. The Bertz CT molecular complexity index is 1480. The quantitative estimate of drug-likeness (QED) is 0.373. The van der Waals surface area contributed by atoms with Crippen LogP contribution < -0.4 is 15.0 Å². The summed E-state index contributed by atoms with van der Waals surface area (Å²) >= 11 is 0. The number of amides is 2. The molecule has 0 aliphatic carbocycles. The Hall–Kier alpha value is -4.22. The zero-order valence-electron chi connectivity index (χ0n) is 21.2. The van der Waals surface area contributed by atoms with Gasteiger partial charge in [-0.3, -0.25) is 19.7 Å². The Labute approximate surface area is 227 Å². The van der Waals surface area contributed by atoms with E-state index in [1.807, 2.05) is 6.92 Å². The van der Waals surface area contributed by atoms with Crippen molar-refractivity contribution in [1.82, 2.24) is 5.32 Å². The summed E-state index contributed by atoms with van der Waals surface area (Å²) in [4.78, 5) is 40.7. The number of rotatable bonds is 7. The number of nitrogens with one attached hydrogen (secondary N) is 1. The van der Waals surface area contributed by atoms with Crippen molar-refractivity contribution in [3.05, 3.63) is 89.5 Å². The first-order valence-corrected chi connectivity index (χ1v) is 12.5. The molecule has 5 rings (SSSR count). The highest BCUT2D eigenvalue weighted by Crippen LogP contribution is 2.50. The molecular weight excluding hydrogens is 529 g/mol. The fourth-order valence-electron chi connectivity index (χ4n) is 5.48. The summed E-state index contributed by atoms with van der Waals surface area (Å²) in [6.07, 6.45) is -3.82. The molecule has 4 atom stereocenters. The Morgan fingerprint density at radius 2 is 1.65 bits per heavy atom. The van der Waals surface area contributed by atoms with Crippen LogP contribution in [0.4, 0.5) is 18.9 Å². The van der Waals surface area contributed by atoms with E-state index in [1.54, 1.807) is 30.3 Å². The number of fused-ring (bicyclic) bond motifs is 1. The SMILES string of the molecule is CCc1ccc(N2C(=O)C3C(c4cccc(Oc5cccc(C(F)(F)F)c5)c4)NC(CO)(C(=O)O)C3C2=O)cc1. The predicted octanol–water partition coefficient (Wildman–Crippen LogP) is 4.33. The van der Waals surface area contributed by atoms with Crippen molar-refractivity contribution in [2.75, 3.05) is 11.5 Å². The van der Waals surface area contributed by atoms with Gasteiger partial charge in [-0.25, -0.2) is 4.90 Å². The van der Waals surface area contributed by atoms with Crippen LogP contribution in [0.25, 0.3) is 0 Å². The van der Waals surface area contributed by atoms with Gasteiger partial charge in [-0.15, -0.1) is 0 Å². The number of aliphatic hydroxyl groups excluding tert-OH is 1. The summed E-state index contributed by atoms with van der Waals surface area (Å²) in [5, 5.41) is 23.2. The molecule has 2 heterocycles. The van der Waals surface area contributed by atoms with Crippen LogP contribution in [-0.4, -0.2) is 40.1 Å². The number of aliphatic carboxylic acids is 1. The lowest BCUT2D eigenvalue weighted by atomic mass is 9.79. The average molecular weight is 555 g/mol. The van der Waals surface area contributed by atoms with Crippen LogP contribution in [0.15, 0.2) is 72.8 Å². The summed E-state index contributed by atoms with van der Waals surface area (Å²) in [6.45, 7) is 0.997. The molecule has 0 radical (unpaired) electrons. The Morgan fingerprint density at radius 3 is 2.25 bits per heavy atom. The molecule has 2 saturated heterocycles. The van der Waals surface area contributed by atoms with Gasteiger partial charge < -0.3 is 14.9 Å². The molecular formula is C29H25F3N2O6. The Morgan fingerprint density at radius 1 is 1.00 bits per heavy atom. The average Bonchev–Trinajstić information content (AvgIpc) is 3.42. The smallest absolute Gasteiger partial charge is 0.416 e. The number of carbonyl (C=O) groups is 3. The number of aryl methyl sites for hydroxylation is 1. The van der Waals surface area contributed by atoms with Crippen molar-refractivity contribution in [3.63, 3.8) is 0 Å². The van der Waals surface area contributed by atoms with Gasteiger partial charge in [0.25, 0.3) is 0 Å². The standard InChI is InChI=1S/C29H25F3N2O6/c1-2-16-9-11-19(12-10-16)34-25(36)22-23(26(34)37)28(15-35,27(38)39)33-24(22)17-5-3-7-20(13-17)40-21-8-4-6-18(14-21)29(30,31)32/h3-14,22-24,33,35H,2,15H2,1H3,(H,38,39). The van der Waals surface area contributed by atoms with Gasteiger partial charge in [-0.05, 0) is 60.0 Å². The van der Waals surface area contributed by atoms with Crippen molar-refractivity contribution in [2.24, 2.45) is 11.8 Å². The fourth-order valence-corrected chi connectivity index (χ4v) is 5.48. The first-order chi connectivity index (χ1) is 19.0. The van der Waals surface area contributed by atoms with Crippen LogP contribution in [0.1, 0.15) is 29.7 Å². The number of hydrogen-bond acceptors (Lipinski definition) is 6. The van der Waals surface area contributed by atoms with E-state index in [1.165, 1.54) is 30.3 Å². The minimum absolute atomic E-state index is 0.0757. The maximum Gasteiger partial charge on any atom is 0.416 e. The van der Waals surface area contributed by atoms with E-state index in [9.17, 15) is 37.8 Å². The van der Waals surface area contributed by atoms with E-state index in [0.717, 1.165) is 29.0 Å². The topological polar surface area (TPSA) is 116 Å².